The van der Waals surface area contributed by atoms with Gasteiger partial charge in [0.15, 0.2) is 0 Å². The minimum absolute atomic E-state index is 0.0188. The summed E-state index contributed by atoms with van der Waals surface area (Å²) in [5, 5.41) is 3.31. The van der Waals surface area contributed by atoms with Gasteiger partial charge in [-0.25, -0.2) is 0 Å². The number of rotatable bonds is 5. The van der Waals surface area contributed by atoms with Crippen molar-refractivity contribution in [3.63, 3.8) is 0 Å². The van der Waals surface area contributed by atoms with Gasteiger partial charge in [0.1, 0.15) is 12.1 Å². The second-order valence-electron chi connectivity index (χ2n) is 9.02. The maximum Gasteiger partial charge on any atom is 0.254 e. The molecule has 0 bridgehead atoms. The summed E-state index contributed by atoms with van der Waals surface area (Å²) >= 11 is 0. The van der Waals surface area contributed by atoms with Gasteiger partial charge in [0.2, 0.25) is 11.8 Å². The van der Waals surface area contributed by atoms with Crippen LogP contribution in [0.25, 0.3) is 0 Å². The van der Waals surface area contributed by atoms with Crippen molar-refractivity contribution in [2.45, 2.75) is 45.7 Å². The molecule has 30 heavy (non-hydrogen) atoms. The lowest BCUT2D eigenvalue weighted by Crippen LogP contribution is -2.53. The number of primary amides is 1. The van der Waals surface area contributed by atoms with Gasteiger partial charge in [0.25, 0.3) is 5.91 Å². The van der Waals surface area contributed by atoms with E-state index in [9.17, 15) is 14.4 Å². The van der Waals surface area contributed by atoms with E-state index in [0.29, 0.717) is 44.8 Å². The van der Waals surface area contributed by atoms with E-state index in [1.165, 1.54) is 0 Å². The summed E-state index contributed by atoms with van der Waals surface area (Å²) in [5.74, 6) is -0.605. The second-order valence-corrected chi connectivity index (χ2v) is 9.02. The molecule has 2 aliphatic rings. The van der Waals surface area contributed by atoms with Crippen LogP contribution in [0.2, 0.25) is 0 Å². The maximum atomic E-state index is 13.3. The Labute approximate surface area is 177 Å². The van der Waals surface area contributed by atoms with Gasteiger partial charge in [-0.15, -0.1) is 0 Å². The molecule has 0 radical (unpaired) electrons. The molecule has 1 aromatic carbocycles. The van der Waals surface area contributed by atoms with Gasteiger partial charge < -0.3 is 25.6 Å². The van der Waals surface area contributed by atoms with Crippen LogP contribution in [0.15, 0.2) is 24.3 Å². The lowest BCUT2D eigenvalue weighted by Gasteiger charge is -2.35. The van der Waals surface area contributed by atoms with E-state index in [-0.39, 0.29) is 17.2 Å². The topological polar surface area (TPSA) is 105 Å². The number of nitrogens with two attached hydrogens (primary N) is 1. The van der Waals surface area contributed by atoms with E-state index >= 15 is 0 Å². The van der Waals surface area contributed by atoms with Crippen molar-refractivity contribution < 1.29 is 19.1 Å². The van der Waals surface area contributed by atoms with Gasteiger partial charge >= 0.3 is 0 Å². The van der Waals surface area contributed by atoms with Crippen LogP contribution in [0.3, 0.4) is 0 Å². The summed E-state index contributed by atoms with van der Waals surface area (Å²) in [4.78, 5) is 41.0. The molecule has 2 aliphatic heterocycles. The van der Waals surface area contributed by atoms with Crippen LogP contribution in [0.5, 0.6) is 0 Å². The summed E-state index contributed by atoms with van der Waals surface area (Å²) in [6.07, 6.45) is 1.38. The standard InChI is InChI=1S/C22H32N4O4/c1-22(2,3)18(21(29)26-10-4-5-17(26)19(23)27)24-16-8-6-15(7-9-16)20(28)25-11-13-30-14-12-25/h6-9,17-18,24H,4-5,10-14H2,1-3H3,(H2,23,27)/t17?,18-/m1/s1. The molecule has 1 aromatic rings. The monoisotopic (exact) mass is 416 g/mol. The number of likely N-dealkylation sites (tertiary alicyclic amines) is 1. The fourth-order valence-corrected chi connectivity index (χ4v) is 3.97. The lowest BCUT2D eigenvalue weighted by atomic mass is 9.85. The average molecular weight is 417 g/mol. The van der Waals surface area contributed by atoms with Crippen molar-refractivity contribution in [2.24, 2.45) is 11.1 Å². The Bertz CT molecular complexity index is 781. The Morgan fingerprint density at radius 3 is 2.30 bits per heavy atom. The van der Waals surface area contributed by atoms with Crippen molar-refractivity contribution in [1.82, 2.24) is 9.80 Å². The van der Waals surface area contributed by atoms with Crippen LogP contribution < -0.4 is 11.1 Å². The van der Waals surface area contributed by atoms with Crippen LogP contribution in [0, 0.1) is 5.41 Å². The van der Waals surface area contributed by atoms with Crippen LogP contribution in [-0.4, -0.2) is 72.5 Å². The predicted molar refractivity (Wildman–Crippen MR) is 114 cm³/mol. The van der Waals surface area contributed by atoms with Crippen molar-refractivity contribution in [2.75, 3.05) is 38.2 Å². The number of nitrogens with zero attached hydrogens (tertiary/aromatic N) is 2. The smallest absolute Gasteiger partial charge is 0.254 e. The number of ether oxygens (including phenoxy) is 1. The molecule has 0 spiro atoms. The van der Waals surface area contributed by atoms with Gasteiger partial charge in [0.05, 0.1) is 13.2 Å². The van der Waals surface area contributed by atoms with Crippen LogP contribution in [-0.2, 0) is 14.3 Å². The van der Waals surface area contributed by atoms with Crippen molar-refractivity contribution in [1.29, 1.82) is 0 Å². The number of hydrogen-bond donors (Lipinski definition) is 2. The van der Waals surface area contributed by atoms with Crippen LogP contribution in [0.1, 0.15) is 44.0 Å². The number of carbonyl (C=O) groups is 3. The summed E-state index contributed by atoms with van der Waals surface area (Å²) in [6.45, 7) is 8.78. The van der Waals surface area contributed by atoms with Gasteiger partial charge in [0, 0.05) is 30.9 Å². The van der Waals surface area contributed by atoms with Crippen molar-refractivity contribution in [3.05, 3.63) is 29.8 Å². The Morgan fingerprint density at radius 2 is 1.73 bits per heavy atom. The molecular weight excluding hydrogens is 384 g/mol. The Morgan fingerprint density at radius 1 is 1.10 bits per heavy atom. The zero-order chi connectivity index (χ0) is 21.9. The molecule has 3 N–H and O–H groups in total. The van der Waals surface area contributed by atoms with Crippen molar-refractivity contribution in [3.8, 4) is 0 Å². The minimum Gasteiger partial charge on any atom is -0.378 e. The number of amides is 3. The average Bonchev–Trinajstić information content (AvgIpc) is 3.21. The highest BCUT2D eigenvalue weighted by atomic mass is 16.5. The van der Waals surface area contributed by atoms with E-state index in [1.54, 1.807) is 21.9 Å². The number of hydrogen-bond acceptors (Lipinski definition) is 5. The summed E-state index contributed by atoms with van der Waals surface area (Å²) < 4.78 is 5.30. The third-order valence-corrected chi connectivity index (χ3v) is 5.72. The molecule has 8 heteroatoms. The van der Waals surface area contributed by atoms with E-state index in [1.807, 2.05) is 32.9 Å². The van der Waals surface area contributed by atoms with Crippen LogP contribution >= 0.6 is 0 Å². The molecule has 3 amide bonds. The third kappa shape index (κ3) is 4.92. The van der Waals surface area contributed by atoms with E-state index in [4.69, 9.17) is 10.5 Å². The number of benzene rings is 1. The first-order valence-corrected chi connectivity index (χ1v) is 10.5. The van der Waals surface area contributed by atoms with Crippen molar-refractivity contribution >= 4 is 23.4 Å². The van der Waals surface area contributed by atoms with Gasteiger partial charge in [-0.1, -0.05) is 20.8 Å². The molecule has 164 valence electrons. The molecule has 8 nitrogen and oxygen atoms in total. The Hall–Kier alpha value is -2.61. The SMILES string of the molecule is CC(C)(C)[C@H](Nc1ccc(C(=O)N2CCOCC2)cc1)C(=O)N1CCCC1C(N)=O. The van der Waals surface area contributed by atoms with Gasteiger partial charge in [-0.3, -0.25) is 14.4 Å². The van der Waals surface area contributed by atoms with E-state index < -0.39 is 18.0 Å². The van der Waals surface area contributed by atoms with E-state index in [2.05, 4.69) is 5.32 Å². The quantitative estimate of drug-likeness (QED) is 0.756. The summed E-state index contributed by atoms with van der Waals surface area (Å²) in [5.41, 5.74) is 6.47. The molecule has 0 saturated carbocycles. The number of morpholine rings is 1. The first-order chi connectivity index (χ1) is 14.2. The number of anilines is 1. The van der Waals surface area contributed by atoms with Gasteiger partial charge in [-0.2, -0.15) is 0 Å². The highest BCUT2D eigenvalue weighted by Gasteiger charge is 2.40. The summed E-state index contributed by atoms with van der Waals surface area (Å²) in [6, 6.07) is 6.10. The highest BCUT2D eigenvalue weighted by molar-refractivity contribution is 5.95. The molecular formula is C22H32N4O4. The normalized spacial score (nSPS) is 20.7. The fraction of sp³-hybridized carbons (Fsp3) is 0.591. The third-order valence-electron chi connectivity index (χ3n) is 5.72. The Balaban J connectivity index is 1.73. The Kier molecular flexibility index (Phi) is 6.65. The lowest BCUT2D eigenvalue weighted by molar-refractivity contribution is -0.139. The maximum absolute atomic E-state index is 13.3. The molecule has 2 atom stereocenters. The molecule has 1 unspecified atom stereocenters. The van der Waals surface area contributed by atoms with E-state index in [0.717, 1.165) is 12.1 Å². The second kappa shape index (κ2) is 9.04. The molecule has 2 heterocycles. The fourth-order valence-electron chi connectivity index (χ4n) is 3.97. The predicted octanol–water partition coefficient (Wildman–Crippen LogP) is 1.46. The molecule has 3 rings (SSSR count). The number of nitrogens with one attached hydrogen (secondary N) is 1. The first-order valence-electron chi connectivity index (χ1n) is 10.5. The first kappa shape index (κ1) is 22.1. The highest BCUT2D eigenvalue weighted by Crippen LogP contribution is 2.28. The minimum atomic E-state index is -0.544. The molecule has 0 aliphatic carbocycles. The molecule has 0 aromatic heterocycles. The largest absolute Gasteiger partial charge is 0.378 e. The van der Waals surface area contributed by atoms with Crippen LogP contribution in [0.4, 0.5) is 5.69 Å². The zero-order valence-corrected chi connectivity index (χ0v) is 18.0. The molecule has 2 saturated heterocycles. The number of carbonyl (C=O) groups excluding carboxylic acids is 3. The van der Waals surface area contributed by atoms with Gasteiger partial charge in [-0.05, 0) is 42.5 Å². The zero-order valence-electron chi connectivity index (χ0n) is 18.0. The summed E-state index contributed by atoms with van der Waals surface area (Å²) in [7, 11) is 0. The molecule has 2 fully saturated rings.